The molecular formula is C20H20N2O2. The Bertz CT molecular complexity index is 952. The second kappa shape index (κ2) is 4.94. The Kier molecular flexibility index (Phi) is 3.07. The van der Waals surface area contributed by atoms with Crippen LogP contribution in [0.4, 0.5) is 5.69 Å². The van der Waals surface area contributed by atoms with E-state index in [1.54, 1.807) is 12.1 Å². The zero-order valence-electron chi connectivity index (χ0n) is 14.1. The van der Waals surface area contributed by atoms with Gasteiger partial charge in [0, 0.05) is 34.8 Å². The lowest BCUT2D eigenvalue weighted by Crippen LogP contribution is -2.31. The fraction of sp³-hybridized carbons (Fsp3) is 0.300. The third kappa shape index (κ3) is 2.06. The number of aromatic nitrogens is 1. The number of nitro groups is 1. The largest absolute Gasteiger partial charge is 0.341 e. The maximum atomic E-state index is 10.9. The number of nitrogens with zero attached hydrogens (tertiary/aromatic N) is 2. The molecule has 4 rings (SSSR count). The van der Waals surface area contributed by atoms with Crippen LogP contribution < -0.4 is 0 Å². The summed E-state index contributed by atoms with van der Waals surface area (Å²) in [5.74, 6) is 0.524. The standard InChI is InChI=1S/C20H20N2O2/c1-13-11-20(2,3)21-12-18(17-6-4-5-16(13)19(17)21)14-7-9-15(10-8-14)22(23)24/h4-10,12-13H,11H2,1-3H3/t13-/m0/s1. The van der Waals surface area contributed by atoms with Crippen LogP contribution in [0.2, 0.25) is 0 Å². The molecule has 24 heavy (non-hydrogen) atoms. The van der Waals surface area contributed by atoms with Crippen LogP contribution >= 0.6 is 0 Å². The van der Waals surface area contributed by atoms with Gasteiger partial charge >= 0.3 is 0 Å². The minimum Gasteiger partial charge on any atom is -0.341 e. The van der Waals surface area contributed by atoms with Gasteiger partial charge < -0.3 is 4.57 Å². The minimum absolute atomic E-state index is 0.0606. The van der Waals surface area contributed by atoms with Gasteiger partial charge in [0.25, 0.3) is 5.69 Å². The Labute approximate surface area is 140 Å². The molecular weight excluding hydrogens is 300 g/mol. The first-order valence-corrected chi connectivity index (χ1v) is 8.28. The van der Waals surface area contributed by atoms with Crippen molar-refractivity contribution >= 4 is 16.6 Å². The van der Waals surface area contributed by atoms with Gasteiger partial charge in [0.1, 0.15) is 0 Å². The van der Waals surface area contributed by atoms with E-state index in [-0.39, 0.29) is 16.1 Å². The summed E-state index contributed by atoms with van der Waals surface area (Å²) < 4.78 is 2.38. The molecule has 2 aromatic carbocycles. The molecule has 0 bridgehead atoms. The molecule has 4 nitrogen and oxygen atoms in total. The van der Waals surface area contributed by atoms with Crippen LogP contribution in [0.25, 0.3) is 22.0 Å². The highest BCUT2D eigenvalue weighted by Gasteiger charge is 2.32. The molecule has 1 aliphatic heterocycles. The van der Waals surface area contributed by atoms with Gasteiger partial charge in [-0.3, -0.25) is 10.1 Å². The Morgan fingerprint density at radius 1 is 1.17 bits per heavy atom. The van der Waals surface area contributed by atoms with Crippen molar-refractivity contribution in [2.24, 2.45) is 0 Å². The average Bonchev–Trinajstić information content (AvgIpc) is 2.94. The van der Waals surface area contributed by atoms with Crippen molar-refractivity contribution in [3.05, 3.63) is 64.3 Å². The molecule has 3 aromatic rings. The predicted molar refractivity (Wildman–Crippen MR) is 96.4 cm³/mol. The van der Waals surface area contributed by atoms with Crippen LogP contribution in [0.1, 0.15) is 38.7 Å². The summed E-state index contributed by atoms with van der Waals surface area (Å²) in [6.45, 7) is 6.84. The monoisotopic (exact) mass is 320 g/mol. The van der Waals surface area contributed by atoms with E-state index in [9.17, 15) is 10.1 Å². The van der Waals surface area contributed by atoms with Gasteiger partial charge in [-0.05, 0) is 49.4 Å². The maximum absolute atomic E-state index is 10.9. The van der Waals surface area contributed by atoms with Crippen molar-refractivity contribution in [1.82, 2.24) is 4.57 Å². The van der Waals surface area contributed by atoms with E-state index in [1.807, 2.05) is 12.1 Å². The van der Waals surface area contributed by atoms with E-state index < -0.39 is 0 Å². The summed E-state index contributed by atoms with van der Waals surface area (Å²) in [5, 5.41) is 12.1. The number of hydrogen-bond acceptors (Lipinski definition) is 2. The molecule has 4 heteroatoms. The van der Waals surface area contributed by atoms with Gasteiger partial charge in [-0.15, -0.1) is 0 Å². The number of para-hydroxylation sites is 1. The van der Waals surface area contributed by atoms with E-state index >= 15 is 0 Å². The second-order valence-corrected chi connectivity index (χ2v) is 7.38. The molecule has 0 saturated heterocycles. The van der Waals surface area contributed by atoms with Gasteiger partial charge in [0.2, 0.25) is 0 Å². The van der Waals surface area contributed by atoms with E-state index in [0.29, 0.717) is 5.92 Å². The summed E-state index contributed by atoms with van der Waals surface area (Å²) >= 11 is 0. The summed E-state index contributed by atoms with van der Waals surface area (Å²) in [6, 6.07) is 13.3. The average molecular weight is 320 g/mol. The SMILES string of the molecule is C[C@H]1CC(C)(C)n2cc(-c3ccc([N+](=O)[O-])cc3)c3cccc1c32. The van der Waals surface area contributed by atoms with E-state index in [4.69, 9.17) is 0 Å². The van der Waals surface area contributed by atoms with Crippen molar-refractivity contribution in [1.29, 1.82) is 0 Å². The van der Waals surface area contributed by atoms with Crippen LogP contribution in [0.15, 0.2) is 48.7 Å². The topological polar surface area (TPSA) is 48.1 Å². The highest BCUT2D eigenvalue weighted by atomic mass is 16.6. The molecule has 0 aliphatic carbocycles. The first-order valence-electron chi connectivity index (χ1n) is 8.28. The maximum Gasteiger partial charge on any atom is 0.269 e. The molecule has 2 heterocycles. The molecule has 122 valence electrons. The summed E-state index contributed by atoms with van der Waals surface area (Å²) in [4.78, 5) is 10.5. The molecule has 0 amide bonds. The van der Waals surface area contributed by atoms with Gasteiger partial charge in [-0.2, -0.15) is 0 Å². The Hall–Kier alpha value is -2.62. The number of non-ortho nitro benzene ring substituents is 1. The van der Waals surface area contributed by atoms with Gasteiger partial charge in [0.15, 0.2) is 0 Å². The predicted octanol–water partition coefficient (Wildman–Crippen LogP) is 5.46. The van der Waals surface area contributed by atoms with Crippen LogP contribution in [0.3, 0.4) is 0 Å². The number of nitro benzene ring substituents is 1. The van der Waals surface area contributed by atoms with Crippen molar-refractivity contribution in [3.63, 3.8) is 0 Å². The first kappa shape index (κ1) is 14.9. The third-order valence-electron chi connectivity index (χ3n) is 5.23. The molecule has 1 aliphatic rings. The van der Waals surface area contributed by atoms with E-state index in [2.05, 4.69) is 49.7 Å². The minimum atomic E-state index is -0.357. The second-order valence-electron chi connectivity index (χ2n) is 7.38. The summed E-state index contributed by atoms with van der Waals surface area (Å²) in [5.41, 5.74) is 5.04. The number of hydrogen-bond donors (Lipinski definition) is 0. The molecule has 0 spiro atoms. The quantitative estimate of drug-likeness (QED) is 0.465. The Morgan fingerprint density at radius 2 is 1.88 bits per heavy atom. The summed E-state index contributed by atoms with van der Waals surface area (Å²) in [6.07, 6.45) is 3.31. The number of rotatable bonds is 2. The highest BCUT2D eigenvalue weighted by Crippen LogP contribution is 2.45. The highest BCUT2D eigenvalue weighted by molar-refractivity contribution is 5.98. The lowest BCUT2D eigenvalue weighted by Gasteiger charge is -2.36. The molecule has 0 N–H and O–H groups in total. The summed E-state index contributed by atoms with van der Waals surface area (Å²) in [7, 11) is 0. The van der Waals surface area contributed by atoms with Gasteiger partial charge in [-0.25, -0.2) is 0 Å². The van der Waals surface area contributed by atoms with Gasteiger partial charge in [-0.1, -0.05) is 25.1 Å². The van der Waals surface area contributed by atoms with Gasteiger partial charge in [0.05, 0.1) is 10.4 Å². The normalized spacial score (nSPS) is 18.7. The molecule has 0 unspecified atom stereocenters. The fourth-order valence-electron chi connectivity index (χ4n) is 4.14. The molecule has 0 radical (unpaired) electrons. The Morgan fingerprint density at radius 3 is 2.54 bits per heavy atom. The zero-order chi connectivity index (χ0) is 17.1. The van der Waals surface area contributed by atoms with Crippen molar-refractivity contribution in [3.8, 4) is 11.1 Å². The number of benzene rings is 2. The molecule has 1 atom stereocenters. The lowest BCUT2D eigenvalue weighted by atomic mass is 9.82. The van der Waals surface area contributed by atoms with Crippen LogP contribution in [0.5, 0.6) is 0 Å². The lowest BCUT2D eigenvalue weighted by molar-refractivity contribution is -0.384. The molecule has 0 saturated carbocycles. The van der Waals surface area contributed by atoms with Crippen LogP contribution in [0, 0.1) is 10.1 Å². The van der Waals surface area contributed by atoms with Crippen LogP contribution in [-0.2, 0) is 5.54 Å². The van der Waals surface area contributed by atoms with Crippen molar-refractivity contribution < 1.29 is 4.92 Å². The van der Waals surface area contributed by atoms with Crippen molar-refractivity contribution in [2.45, 2.75) is 38.6 Å². The molecule has 1 aromatic heterocycles. The first-order chi connectivity index (χ1) is 11.4. The Balaban J connectivity index is 1.97. The van der Waals surface area contributed by atoms with Crippen LogP contribution in [-0.4, -0.2) is 9.49 Å². The fourth-order valence-corrected chi connectivity index (χ4v) is 4.14. The molecule has 0 fully saturated rings. The van der Waals surface area contributed by atoms with E-state index in [0.717, 1.165) is 17.5 Å². The zero-order valence-corrected chi connectivity index (χ0v) is 14.1. The van der Waals surface area contributed by atoms with E-state index in [1.165, 1.54) is 16.5 Å². The smallest absolute Gasteiger partial charge is 0.269 e. The van der Waals surface area contributed by atoms with Crippen molar-refractivity contribution in [2.75, 3.05) is 0 Å². The third-order valence-corrected chi connectivity index (χ3v) is 5.23.